The maximum Gasteiger partial charge on any atom is 0.329 e. The number of carbonyl (C=O) groups excluding carboxylic acids is 1. The van der Waals surface area contributed by atoms with E-state index >= 15 is 0 Å². The molecule has 3 aromatic rings. The number of benzene rings is 3. The van der Waals surface area contributed by atoms with Gasteiger partial charge in [-0.1, -0.05) is 78.9 Å². The van der Waals surface area contributed by atoms with Crippen molar-refractivity contribution in [2.75, 3.05) is 11.4 Å². The summed E-state index contributed by atoms with van der Waals surface area (Å²) >= 11 is 0. The lowest BCUT2D eigenvalue weighted by Crippen LogP contribution is -2.46. The minimum Gasteiger partial charge on any atom is -0.458 e. The minimum atomic E-state index is -0.509. The van der Waals surface area contributed by atoms with Crippen molar-refractivity contribution in [1.82, 2.24) is 0 Å². The van der Waals surface area contributed by atoms with E-state index < -0.39 is 5.60 Å². The molecular weight excluding hydrogens is 394 g/mol. The van der Waals surface area contributed by atoms with E-state index in [9.17, 15) is 4.79 Å². The second kappa shape index (κ2) is 7.98. The van der Waals surface area contributed by atoms with Crippen molar-refractivity contribution in [3.8, 4) is 11.1 Å². The number of esters is 1. The van der Waals surface area contributed by atoms with Gasteiger partial charge >= 0.3 is 5.97 Å². The maximum atomic E-state index is 13.2. The van der Waals surface area contributed by atoms with Crippen molar-refractivity contribution in [2.24, 2.45) is 0 Å². The zero-order valence-corrected chi connectivity index (χ0v) is 18.9. The Hall–Kier alpha value is -3.33. The average Bonchev–Trinajstić information content (AvgIpc) is 3.13. The Morgan fingerprint density at radius 3 is 2.38 bits per heavy atom. The lowest BCUT2D eigenvalue weighted by Gasteiger charge is -2.37. The standard InChI is InChI=1S/C29H29NO2/c1-29(2,3)32-28(31)25-17-9-10-19-30(25)24-18-11-16-23-21-14-7-8-15-22(21)26(27(23)24)20-12-5-4-6-13-20/h4-16,18,25-26H,17,19H2,1-3H3/t25-,26?/m1/s1. The van der Waals surface area contributed by atoms with Gasteiger partial charge in [0.2, 0.25) is 0 Å². The molecule has 3 nitrogen and oxygen atoms in total. The Balaban J connectivity index is 1.65. The molecule has 2 aliphatic rings. The first-order valence-electron chi connectivity index (χ1n) is 11.4. The minimum absolute atomic E-state index is 0.142. The second-order valence-corrected chi connectivity index (χ2v) is 9.58. The summed E-state index contributed by atoms with van der Waals surface area (Å²) in [6, 6.07) is 25.5. The van der Waals surface area contributed by atoms with Gasteiger partial charge in [0.15, 0.2) is 0 Å². The Bertz CT molecular complexity index is 1170. The third-order valence-corrected chi connectivity index (χ3v) is 6.26. The van der Waals surface area contributed by atoms with E-state index in [2.05, 4.69) is 89.8 Å². The summed E-state index contributed by atoms with van der Waals surface area (Å²) in [7, 11) is 0. The Morgan fingerprint density at radius 1 is 0.875 bits per heavy atom. The molecule has 0 N–H and O–H groups in total. The van der Waals surface area contributed by atoms with E-state index in [1.54, 1.807) is 0 Å². The largest absolute Gasteiger partial charge is 0.458 e. The lowest BCUT2D eigenvalue weighted by atomic mass is 9.87. The van der Waals surface area contributed by atoms with Crippen molar-refractivity contribution in [2.45, 2.75) is 44.8 Å². The molecule has 3 heteroatoms. The average molecular weight is 424 g/mol. The van der Waals surface area contributed by atoms with Gasteiger partial charge in [-0.05, 0) is 61.1 Å². The van der Waals surface area contributed by atoms with E-state index in [0.717, 1.165) is 5.69 Å². The first kappa shape index (κ1) is 20.6. The zero-order valence-electron chi connectivity index (χ0n) is 18.9. The third kappa shape index (κ3) is 3.62. The first-order chi connectivity index (χ1) is 15.4. The Morgan fingerprint density at radius 2 is 1.59 bits per heavy atom. The number of hydrogen-bond acceptors (Lipinski definition) is 3. The van der Waals surface area contributed by atoms with Crippen molar-refractivity contribution < 1.29 is 9.53 Å². The number of anilines is 1. The molecule has 1 aliphatic carbocycles. The molecule has 0 fully saturated rings. The molecule has 0 bridgehead atoms. The molecule has 0 radical (unpaired) electrons. The Kier molecular flexibility index (Phi) is 5.13. The van der Waals surface area contributed by atoms with Crippen LogP contribution in [0, 0.1) is 0 Å². The molecule has 0 aromatic heterocycles. The van der Waals surface area contributed by atoms with Gasteiger partial charge in [0, 0.05) is 18.2 Å². The molecule has 0 amide bonds. The maximum absolute atomic E-state index is 13.2. The fraction of sp³-hybridized carbons (Fsp3) is 0.276. The first-order valence-corrected chi connectivity index (χ1v) is 11.4. The van der Waals surface area contributed by atoms with Crippen LogP contribution in [0.5, 0.6) is 0 Å². The quantitative estimate of drug-likeness (QED) is 0.285. The summed E-state index contributed by atoms with van der Waals surface area (Å²) in [5.41, 5.74) is 7.02. The number of nitrogens with zero attached hydrogens (tertiary/aromatic N) is 1. The SMILES string of the molecule is CC(C)(C)OC(=O)[C@H]1CC=CCN1c1cccc2c1C(c1ccccc1)c1ccccc1-2. The summed E-state index contributed by atoms with van der Waals surface area (Å²) in [6.45, 7) is 6.47. The highest BCUT2D eigenvalue weighted by Crippen LogP contribution is 2.52. The lowest BCUT2D eigenvalue weighted by molar-refractivity contribution is -0.156. The van der Waals surface area contributed by atoms with Crippen LogP contribution >= 0.6 is 0 Å². The highest BCUT2D eigenvalue weighted by Gasteiger charge is 2.37. The predicted octanol–water partition coefficient (Wildman–Crippen LogP) is 6.32. The molecular formula is C29H29NO2. The molecule has 0 saturated carbocycles. The van der Waals surface area contributed by atoms with Crippen LogP contribution in [0.4, 0.5) is 5.69 Å². The number of hydrogen-bond donors (Lipinski definition) is 0. The number of ether oxygens (including phenoxy) is 1. The molecule has 1 unspecified atom stereocenters. The van der Waals surface area contributed by atoms with Gasteiger partial charge in [-0.15, -0.1) is 0 Å². The summed E-state index contributed by atoms with van der Waals surface area (Å²) in [5, 5.41) is 0. The van der Waals surface area contributed by atoms with Gasteiger partial charge in [0.1, 0.15) is 11.6 Å². The van der Waals surface area contributed by atoms with Gasteiger partial charge in [-0.3, -0.25) is 0 Å². The zero-order chi connectivity index (χ0) is 22.3. The van der Waals surface area contributed by atoms with Crippen LogP contribution in [0.15, 0.2) is 84.9 Å². The summed E-state index contributed by atoms with van der Waals surface area (Å²) in [6.07, 6.45) is 4.90. The van der Waals surface area contributed by atoms with Gasteiger partial charge in [-0.2, -0.15) is 0 Å². The molecule has 1 heterocycles. The van der Waals surface area contributed by atoms with E-state index in [0.29, 0.717) is 13.0 Å². The smallest absolute Gasteiger partial charge is 0.329 e. The van der Waals surface area contributed by atoms with Crippen LogP contribution in [0.2, 0.25) is 0 Å². The molecule has 5 rings (SSSR count). The number of carbonyl (C=O) groups is 1. The highest BCUT2D eigenvalue weighted by atomic mass is 16.6. The summed E-state index contributed by atoms with van der Waals surface area (Å²) in [5.74, 6) is -0.0185. The van der Waals surface area contributed by atoms with Crippen molar-refractivity contribution in [3.63, 3.8) is 0 Å². The second-order valence-electron chi connectivity index (χ2n) is 9.58. The fourth-order valence-corrected chi connectivity index (χ4v) is 5.01. The fourth-order valence-electron chi connectivity index (χ4n) is 5.01. The van der Waals surface area contributed by atoms with E-state index in [-0.39, 0.29) is 17.9 Å². The van der Waals surface area contributed by atoms with Gasteiger partial charge in [0.25, 0.3) is 0 Å². The number of rotatable bonds is 3. The van der Waals surface area contributed by atoms with Crippen molar-refractivity contribution in [1.29, 1.82) is 0 Å². The van der Waals surface area contributed by atoms with Crippen LogP contribution in [0.3, 0.4) is 0 Å². The van der Waals surface area contributed by atoms with Crippen LogP contribution in [-0.4, -0.2) is 24.2 Å². The number of fused-ring (bicyclic) bond motifs is 3. The molecule has 3 aromatic carbocycles. The van der Waals surface area contributed by atoms with E-state index in [1.165, 1.54) is 27.8 Å². The van der Waals surface area contributed by atoms with Crippen LogP contribution in [-0.2, 0) is 9.53 Å². The van der Waals surface area contributed by atoms with Crippen molar-refractivity contribution >= 4 is 11.7 Å². The van der Waals surface area contributed by atoms with E-state index in [4.69, 9.17) is 4.74 Å². The predicted molar refractivity (Wildman–Crippen MR) is 130 cm³/mol. The molecule has 2 atom stereocenters. The van der Waals surface area contributed by atoms with E-state index in [1.807, 2.05) is 20.8 Å². The summed E-state index contributed by atoms with van der Waals surface area (Å²) in [4.78, 5) is 15.4. The van der Waals surface area contributed by atoms with Crippen molar-refractivity contribution in [3.05, 3.63) is 102 Å². The van der Waals surface area contributed by atoms with Crippen LogP contribution < -0.4 is 4.90 Å². The third-order valence-electron chi connectivity index (χ3n) is 6.26. The normalized spacial score (nSPS) is 19.4. The molecule has 0 spiro atoms. The van der Waals surface area contributed by atoms with Gasteiger partial charge in [-0.25, -0.2) is 4.79 Å². The van der Waals surface area contributed by atoms with Crippen LogP contribution in [0.25, 0.3) is 11.1 Å². The van der Waals surface area contributed by atoms with Crippen LogP contribution in [0.1, 0.15) is 49.8 Å². The topological polar surface area (TPSA) is 29.5 Å². The molecule has 162 valence electrons. The molecule has 0 saturated heterocycles. The highest BCUT2D eigenvalue weighted by molar-refractivity contribution is 5.88. The molecule has 32 heavy (non-hydrogen) atoms. The van der Waals surface area contributed by atoms with Gasteiger partial charge in [0.05, 0.1) is 0 Å². The molecule has 1 aliphatic heterocycles. The summed E-state index contributed by atoms with van der Waals surface area (Å²) < 4.78 is 5.81. The Labute approximate surface area is 190 Å². The monoisotopic (exact) mass is 423 g/mol. The van der Waals surface area contributed by atoms with Gasteiger partial charge < -0.3 is 9.64 Å².